The molecule has 0 aliphatic rings. The van der Waals surface area contributed by atoms with Gasteiger partial charge >= 0.3 is 0 Å². The van der Waals surface area contributed by atoms with E-state index in [0.717, 1.165) is 41.7 Å². The van der Waals surface area contributed by atoms with Crippen molar-refractivity contribution >= 4 is 16.7 Å². The van der Waals surface area contributed by atoms with Gasteiger partial charge < -0.3 is 15.4 Å². The maximum Gasteiger partial charge on any atom is 0.128 e. The van der Waals surface area contributed by atoms with Crippen LogP contribution in [0.2, 0.25) is 0 Å². The van der Waals surface area contributed by atoms with E-state index in [-0.39, 0.29) is 0 Å². The number of nitrogen functional groups attached to an aromatic ring is 1. The van der Waals surface area contributed by atoms with E-state index in [1.807, 2.05) is 18.2 Å². The zero-order chi connectivity index (χ0) is 13.8. The lowest BCUT2D eigenvalue weighted by molar-refractivity contribution is 0.328. The Morgan fingerprint density at radius 1 is 1.32 bits per heavy atom. The molecule has 0 aliphatic heterocycles. The first-order chi connectivity index (χ1) is 9.13. The van der Waals surface area contributed by atoms with Crippen molar-refractivity contribution in [3.8, 4) is 5.75 Å². The Morgan fingerprint density at radius 3 is 2.79 bits per heavy atom. The maximum atomic E-state index is 6.04. The molecule has 0 radical (unpaired) electrons. The number of rotatable bonds is 5. The standard InChI is InChI=1S/C15H21N3O/c1-4-7-18(2)10-12-8-11-5-6-13(19-3)9-14(11)17-15(12)16/h5-6,8-9H,4,7,10H2,1-3H3,(H2,16,17). The Bertz CT molecular complexity index is 569. The van der Waals surface area contributed by atoms with Crippen LogP contribution in [0.25, 0.3) is 10.9 Å². The van der Waals surface area contributed by atoms with Gasteiger partial charge in [-0.2, -0.15) is 0 Å². The van der Waals surface area contributed by atoms with Gasteiger partial charge in [0.15, 0.2) is 0 Å². The number of hydrogen-bond acceptors (Lipinski definition) is 4. The summed E-state index contributed by atoms with van der Waals surface area (Å²) in [4.78, 5) is 6.72. The van der Waals surface area contributed by atoms with Crippen molar-refractivity contribution in [2.24, 2.45) is 0 Å². The van der Waals surface area contributed by atoms with Crippen LogP contribution in [-0.4, -0.2) is 30.6 Å². The fourth-order valence-corrected chi connectivity index (χ4v) is 2.21. The number of fused-ring (bicyclic) bond motifs is 1. The highest BCUT2D eigenvalue weighted by Gasteiger charge is 2.07. The molecule has 2 N–H and O–H groups in total. The van der Waals surface area contributed by atoms with Gasteiger partial charge in [0.1, 0.15) is 11.6 Å². The lowest BCUT2D eigenvalue weighted by Gasteiger charge is -2.17. The van der Waals surface area contributed by atoms with E-state index in [1.54, 1.807) is 7.11 Å². The second-order valence-corrected chi connectivity index (χ2v) is 4.83. The number of nitrogens with two attached hydrogens (primary N) is 1. The van der Waals surface area contributed by atoms with Gasteiger partial charge in [0, 0.05) is 23.6 Å². The van der Waals surface area contributed by atoms with Crippen molar-refractivity contribution in [3.63, 3.8) is 0 Å². The first kappa shape index (κ1) is 13.6. The van der Waals surface area contributed by atoms with E-state index in [9.17, 15) is 0 Å². The Labute approximate surface area is 114 Å². The Morgan fingerprint density at radius 2 is 2.11 bits per heavy atom. The first-order valence-electron chi connectivity index (χ1n) is 6.55. The summed E-state index contributed by atoms with van der Waals surface area (Å²) in [5.74, 6) is 1.40. The Hall–Kier alpha value is -1.81. The summed E-state index contributed by atoms with van der Waals surface area (Å²) in [7, 11) is 3.75. The summed E-state index contributed by atoms with van der Waals surface area (Å²) < 4.78 is 5.20. The molecule has 1 heterocycles. The molecule has 0 fully saturated rings. The number of pyridine rings is 1. The average Bonchev–Trinajstić information content (AvgIpc) is 2.39. The van der Waals surface area contributed by atoms with Crippen LogP contribution in [0.4, 0.5) is 5.82 Å². The smallest absolute Gasteiger partial charge is 0.128 e. The summed E-state index contributed by atoms with van der Waals surface area (Å²) in [5, 5.41) is 1.09. The molecule has 0 aliphatic carbocycles. The lowest BCUT2D eigenvalue weighted by Crippen LogP contribution is -2.19. The molecule has 0 amide bonds. The highest BCUT2D eigenvalue weighted by Crippen LogP contribution is 2.23. The Balaban J connectivity index is 2.33. The molecule has 0 unspecified atom stereocenters. The third-order valence-electron chi connectivity index (χ3n) is 3.18. The third-order valence-corrected chi connectivity index (χ3v) is 3.18. The molecule has 0 saturated heterocycles. The van der Waals surface area contributed by atoms with Gasteiger partial charge in [-0.15, -0.1) is 0 Å². The molecule has 19 heavy (non-hydrogen) atoms. The van der Waals surface area contributed by atoms with Crippen LogP contribution in [0.1, 0.15) is 18.9 Å². The van der Waals surface area contributed by atoms with Crippen LogP contribution in [0.5, 0.6) is 5.75 Å². The van der Waals surface area contributed by atoms with Crippen molar-refractivity contribution in [3.05, 3.63) is 29.8 Å². The van der Waals surface area contributed by atoms with E-state index < -0.39 is 0 Å². The van der Waals surface area contributed by atoms with E-state index in [1.165, 1.54) is 0 Å². The zero-order valence-corrected chi connectivity index (χ0v) is 11.8. The number of anilines is 1. The molecule has 1 aromatic carbocycles. The molecule has 2 rings (SSSR count). The maximum absolute atomic E-state index is 6.04. The molecule has 4 heteroatoms. The first-order valence-corrected chi connectivity index (χ1v) is 6.55. The van der Waals surface area contributed by atoms with Gasteiger partial charge in [0.2, 0.25) is 0 Å². The molecule has 0 saturated carbocycles. The predicted octanol–water partition coefficient (Wildman–Crippen LogP) is 2.67. The van der Waals surface area contributed by atoms with Crippen molar-refractivity contribution < 1.29 is 4.74 Å². The van der Waals surface area contributed by atoms with Crippen molar-refractivity contribution in [1.29, 1.82) is 0 Å². The van der Waals surface area contributed by atoms with Crippen molar-refractivity contribution in [2.75, 3.05) is 26.4 Å². The average molecular weight is 259 g/mol. The fourth-order valence-electron chi connectivity index (χ4n) is 2.21. The fraction of sp³-hybridized carbons (Fsp3) is 0.400. The molecular weight excluding hydrogens is 238 g/mol. The second-order valence-electron chi connectivity index (χ2n) is 4.83. The Kier molecular flexibility index (Phi) is 4.22. The van der Waals surface area contributed by atoms with E-state index in [0.29, 0.717) is 5.82 Å². The minimum Gasteiger partial charge on any atom is -0.497 e. The summed E-state index contributed by atoms with van der Waals surface area (Å²) >= 11 is 0. The van der Waals surface area contributed by atoms with Crippen LogP contribution in [0.3, 0.4) is 0 Å². The molecule has 0 spiro atoms. The van der Waals surface area contributed by atoms with Gasteiger partial charge in [0.05, 0.1) is 12.6 Å². The molecular formula is C15H21N3O. The van der Waals surface area contributed by atoms with Gasteiger partial charge in [-0.3, -0.25) is 0 Å². The summed E-state index contributed by atoms with van der Waals surface area (Å²) in [6.07, 6.45) is 1.13. The highest BCUT2D eigenvalue weighted by atomic mass is 16.5. The summed E-state index contributed by atoms with van der Waals surface area (Å²) in [5.41, 5.74) is 8.00. The van der Waals surface area contributed by atoms with Gasteiger partial charge in [0.25, 0.3) is 0 Å². The summed E-state index contributed by atoms with van der Waals surface area (Å²) in [6, 6.07) is 7.98. The topological polar surface area (TPSA) is 51.4 Å². The second kappa shape index (κ2) is 5.89. The summed E-state index contributed by atoms with van der Waals surface area (Å²) in [6.45, 7) is 4.06. The largest absolute Gasteiger partial charge is 0.497 e. The normalized spacial score (nSPS) is 11.2. The molecule has 0 bridgehead atoms. The number of hydrogen-bond donors (Lipinski definition) is 1. The van der Waals surface area contributed by atoms with Crippen molar-refractivity contribution in [2.45, 2.75) is 19.9 Å². The van der Waals surface area contributed by atoms with E-state index in [4.69, 9.17) is 10.5 Å². The monoisotopic (exact) mass is 259 g/mol. The minimum absolute atomic E-state index is 0.601. The lowest BCUT2D eigenvalue weighted by atomic mass is 10.1. The molecule has 4 nitrogen and oxygen atoms in total. The quantitative estimate of drug-likeness (QED) is 0.897. The number of nitrogens with zero attached hydrogens (tertiary/aromatic N) is 2. The van der Waals surface area contributed by atoms with Crippen LogP contribution >= 0.6 is 0 Å². The molecule has 1 aromatic heterocycles. The number of aromatic nitrogens is 1. The van der Waals surface area contributed by atoms with Crippen LogP contribution < -0.4 is 10.5 Å². The van der Waals surface area contributed by atoms with Gasteiger partial charge in [-0.25, -0.2) is 4.98 Å². The predicted molar refractivity (Wildman–Crippen MR) is 79.3 cm³/mol. The van der Waals surface area contributed by atoms with Crippen molar-refractivity contribution in [1.82, 2.24) is 9.88 Å². The molecule has 2 aromatic rings. The number of ether oxygens (including phenoxy) is 1. The minimum atomic E-state index is 0.601. The van der Waals surface area contributed by atoms with Gasteiger partial charge in [-0.05, 0) is 38.2 Å². The third kappa shape index (κ3) is 3.15. The molecule has 102 valence electrons. The SMILES string of the molecule is CCCN(C)Cc1cc2ccc(OC)cc2nc1N. The van der Waals surface area contributed by atoms with Gasteiger partial charge in [-0.1, -0.05) is 6.92 Å². The van der Waals surface area contributed by atoms with Crippen LogP contribution in [-0.2, 0) is 6.54 Å². The highest BCUT2D eigenvalue weighted by molar-refractivity contribution is 5.82. The van der Waals surface area contributed by atoms with E-state index in [2.05, 4.69) is 29.9 Å². The van der Waals surface area contributed by atoms with Crippen LogP contribution in [0, 0.1) is 0 Å². The number of benzene rings is 1. The number of methoxy groups -OCH3 is 1. The van der Waals surface area contributed by atoms with E-state index >= 15 is 0 Å². The molecule has 0 atom stereocenters. The van der Waals surface area contributed by atoms with Crippen LogP contribution in [0.15, 0.2) is 24.3 Å². The zero-order valence-electron chi connectivity index (χ0n) is 11.8.